The van der Waals surface area contributed by atoms with Gasteiger partial charge >= 0.3 is 0 Å². The first-order valence-electron chi connectivity index (χ1n) is 14.7. The average molecular weight is 529 g/mol. The summed E-state index contributed by atoms with van der Waals surface area (Å²) in [5.74, 6) is 0. The minimum atomic E-state index is 1.25. The van der Waals surface area contributed by atoms with E-state index < -0.39 is 0 Å². The van der Waals surface area contributed by atoms with Gasteiger partial charge in [-0.3, -0.25) is 0 Å². The summed E-state index contributed by atoms with van der Waals surface area (Å²) in [6.07, 6.45) is 0. The molecule has 0 nitrogen and oxygen atoms in total. The highest BCUT2D eigenvalue weighted by Gasteiger charge is 2.27. The molecule has 1 aliphatic carbocycles. The number of fused-ring (bicyclic) bond motifs is 5. The Labute approximate surface area is 243 Å². The fraction of sp³-hybridized carbons (Fsp3) is 0. The summed E-state index contributed by atoms with van der Waals surface area (Å²) in [6.45, 7) is 0. The lowest BCUT2D eigenvalue weighted by Crippen LogP contribution is -1.92. The number of hydrogen-bond donors (Lipinski definition) is 0. The highest BCUT2D eigenvalue weighted by molar-refractivity contribution is 6.33. The summed E-state index contributed by atoms with van der Waals surface area (Å²) in [7, 11) is 0. The Balaban J connectivity index is 1.43. The van der Waals surface area contributed by atoms with E-state index in [-0.39, 0.29) is 0 Å². The Kier molecular flexibility index (Phi) is 4.27. The molecule has 0 fully saturated rings. The molecule has 0 saturated heterocycles. The van der Waals surface area contributed by atoms with Crippen LogP contribution in [0.5, 0.6) is 0 Å². The summed E-state index contributed by atoms with van der Waals surface area (Å²) in [4.78, 5) is 0. The Morgan fingerprint density at radius 1 is 0.262 bits per heavy atom. The third kappa shape index (κ3) is 2.81. The van der Waals surface area contributed by atoms with Gasteiger partial charge < -0.3 is 0 Å². The lowest BCUT2D eigenvalue weighted by Gasteiger charge is -2.19. The van der Waals surface area contributed by atoms with Crippen molar-refractivity contribution in [3.63, 3.8) is 0 Å². The van der Waals surface area contributed by atoms with Crippen molar-refractivity contribution in [1.82, 2.24) is 0 Å². The van der Waals surface area contributed by atoms with Crippen molar-refractivity contribution in [3.8, 4) is 44.5 Å². The smallest absolute Gasteiger partial charge is 0.00137 e. The van der Waals surface area contributed by atoms with Crippen LogP contribution in [0.2, 0.25) is 0 Å². The SMILES string of the molecule is c1ccc(-c2c3ccccc3c(-c3ccccc3)c3cc4c(cc23)-c2ccc3ccc5cccc6cc-4c2c3c56)cc1. The molecule has 0 aliphatic heterocycles. The molecule has 10 rings (SSSR count). The molecule has 0 saturated carbocycles. The molecule has 0 heterocycles. The fourth-order valence-electron chi connectivity index (χ4n) is 7.79. The molecular formula is C42H24. The standard InChI is InChI=1S/C42H24/c1-3-10-25(11-4-1)39-30-16-7-8-17-31(30)40(26-12-5-2-6-13-26)37-24-34-33(23-36(37)39)32-21-20-28-19-18-27-14-9-15-29-22-35(34)42(32)41(28)38(27)29/h1-24H. The maximum Gasteiger partial charge on any atom is -0.00137 e. The summed E-state index contributed by atoms with van der Waals surface area (Å²) in [6, 6.07) is 54.2. The molecule has 0 atom stereocenters. The first kappa shape index (κ1) is 22.3. The van der Waals surface area contributed by atoms with E-state index in [0.29, 0.717) is 0 Å². The van der Waals surface area contributed by atoms with Gasteiger partial charge in [0.2, 0.25) is 0 Å². The fourth-order valence-corrected chi connectivity index (χ4v) is 7.79. The molecule has 0 N–H and O–H groups in total. The largest absolute Gasteiger partial charge is 0.0622 e. The third-order valence-corrected chi connectivity index (χ3v) is 9.50. The highest BCUT2D eigenvalue weighted by atomic mass is 14.3. The van der Waals surface area contributed by atoms with E-state index in [2.05, 4.69) is 146 Å². The maximum absolute atomic E-state index is 2.50. The van der Waals surface area contributed by atoms with Gasteiger partial charge in [0.25, 0.3) is 0 Å². The molecule has 9 aromatic carbocycles. The lowest BCUT2D eigenvalue weighted by atomic mass is 9.84. The molecule has 0 amide bonds. The van der Waals surface area contributed by atoms with Crippen LogP contribution >= 0.6 is 0 Å². The molecule has 0 unspecified atom stereocenters. The van der Waals surface area contributed by atoms with Crippen molar-refractivity contribution in [2.24, 2.45) is 0 Å². The van der Waals surface area contributed by atoms with E-state index >= 15 is 0 Å². The van der Waals surface area contributed by atoms with Crippen molar-refractivity contribution in [3.05, 3.63) is 146 Å². The van der Waals surface area contributed by atoms with E-state index in [9.17, 15) is 0 Å². The number of rotatable bonds is 2. The van der Waals surface area contributed by atoms with Gasteiger partial charge in [0.05, 0.1) is 0 Å². The van der Waals surface area contributed by atoms with Crippen molar-refractivity contribution >= 4 is 53.9 Å². The van der Waals surface area contributed by atoms with Gasteiger partial charge in [-0.25, -0.2) is 0 Å². The predicted molar refractivity (Wildman–Crippen MR) is 180 cm³/mol. The molecule has 192 valence electrons. The second-order valence-corrected chi connectivity index (χ2v) is 11.6. The van der Waals surface area contributed by atoms with Crippen LogP contribution < -0.4 is 0 Å². The van der Waals surface area contributed by atoms with Gasteiger partial charge in [0.1, 0.15) is 0 Å². The molecule has 1 aliphatic rings. The highest BCUT2D eigenvalue weighted by Crippen LogP contribution is 2.54. The first-order chi connectivity index (χ1) is 20.8. The Hall–Kier alpha value is -5.46. The number of hydrogen-bond acceptors (Lipinski definition) is 0. The van der Waals surface area contributed by atoms with Gasteiger partial charge in [-0.1, -0.05) is 127 Å². The summed E-state index contributed by atoms with van der Waals surface area (Å²) in [5, 5.41) is 13.3. The van der Waals surface area contributed by atoms with E-state index in [4.69, 9.17) is 0 Å². The summed E-state index contributed by atoms with van der Waals surface area (Å²) >= 11 is 0. The van der Waals surface area contributed by atoms with E-state index in [1.807, 2.05) is 0 Å². The Bertz CT molecular complexity index is 2540. The summed E-state index contributed by atoms with van der Waals surface area (Å²) < 4.78 is 0. The Morgan fingerprint density at radius 2 is 0.786 bits per heavy atom. The minimum Gasteiger partial charge on any atom is -0.0622 e. The van der Waals surface area contributed by atoms with E-state index in [1.165, 1.54) is 98.4 Å². The van der Waals surface area contributed by atoms with Crippen LogP contribution in [0.15, 0.2) is 146 Å². The molecule has 0 spiro atoms. The minimum absolute atomic E-state index is 1.25. The second-order valence-electron chi connectivity index (χ2n) is 11.6. The second kappa shape index (κ2) is 8.06. The average Bonchev–Trinajstić information content (AvgIpc) is 3.36. The molecule has 9 aromatic rings. The molecule has 0 heteroatoms. The van der Waals surface area contributed by atoms with Crippen molar-refractivity contribution in [2.75, 3.05) is 0 Å². The zero-order valence-electron chi connectivity index (χ0n) is 22.9. The van der Waals surface area contributed by atoms with E-state index in [0.717, 1.165) is 0 Å². The van der Waals surface area contributed by atoms with Crippen LogP contribution in [0.3, 0.4) is 0 Å². The molecule has 0 aromatic heterocycles. The molecule has 0 radical (unpaired) electrons. The molecule has 0 bridgehead atoms. The van der Waals surface area contributed by atoms with Gasteiger partial charge in [-0.05, 0) is 117 Å². The van der Waals surface area contributed by atoms with Crippen molar-refractivity contribution in [2.45, 2.75) is 0 Å². The van der Waals surface area contributed by atoms with Gasteiger partial charge in [-0.15, -0.1) is 0 Å². The number of benzene rings is 9. The Morgan fingerprint density at radius 3 is 1.43 bits per heavy atom. The first-order valence-corrected chi connectivity index (χ1v) is 14.7. The van der Waals surface area contributed by atoms with Gasteiger partial charge in [-0.2, -0.15) is 0 Å². The van der Waals surface area contributed by atoms with Crippen LogP contribution in [0.25, 0.3) is 98.4 Å². The monoisotopic (exact) mass is 528 g/mol. The topological polar surface area (TPSA) is 0 Å². The third-order valence-electron chi connectivity index (χ3n) is 9.50. The van der Waals surface area contributed by atoms with Crippen molar-refractivity contribution in [1.29, 1.82) is 0 Å². The zero-order valence-corrected chi connectivity index (χ0v) is 22.9. The van der Waals surface area contributed by atoms with Crippen LogP contribution in [0.4, 0.5) is 0 Å². The summed E-state index contributed by atoms with van der Waals surface area (Å²) in [5.41, 5.74) is 10.5. The van der Waals surface area contributed by atoms with Crippen molar-refractivity contribution < 1.29 is 0 Å². The quantitative estimate of drug-likeness (QED) is 0.155. The molecule has 42 heavy (non-hydrogen) atoms. The predicted octanol–water partition coefficient (Wildman–Crippen LogP) is 11.9. The zero-order chi connectivity index (χ0) is 27.4. The normalized spacial score (nSPS) is 12.3. The van der Waals surface area contributed by atoms with Crippen LogP contribution in [0, 0.1) is 0 Å². The van der Waals surface area contributed by atoms with Gasteiger partial charge in [0.15, 0.2) is 0 Å². The van der Waals surface area contributed by atoms with E-state index in [1.54, 1.807) is 0 Å². The van der Waals surface area contributed by atoms with Gasteiger partial charge in [0, 0.05) is 0 Å². The molecular weight excluding hydrogens is 504 g/mol. The van der Waals surface area contributed by atoms with Crippen LogP contribution in [-0.4, -0.2) is 0 Å². The lowest BCUT2D eigenvalue weighted by molar-refractivity contribution is 1.65. The van der Waals surface area contributed by atoms with Crippen LogP contribution in [-0.2, 0) is 0 Å². The maximum atomic E-state index is 2.50. The van der Waals surface area contributed by atoms with Crippen LogP contribution in [0.1, 0.15) is 0 Å².